The van der Waals surface area contributed by atoms with Crippen LogP contribution in [0.1, 0.15) is 26.0 Å². The molecule has 16 heavy (non-hydrogen) atoms. The van der Waals surface area contributed by atoms with E-state index in [1.54, 1.807) is 13.2 Å². The number of hydrogen-bond acceptors (Lipinski definition) is 3. The summed E-state index contributed by atoms with van der Waals surface area (Å²) in [6.07, 6.45) is 2.95. The maximum absolute atomic E-state index is 11.5. The van der Waals surface area contributed by atoms with Crippen molar-refractivity contribution >= 4 is 5.91 Å². The summed E-state index contributed by atoms with van der Waals surface area (Å²) < 4.78 is 10.2. The number of methoxy groups -OCH3 is 1. The number of aryl methyl sites for hydroxylation is 1. The summed E-state index contributed by atoms with van der Waals surface area (Å²) in [7, 11) is 1.53. The van der Waals surface area contributed by atoms with Crippen LogP contribution in [0.5, 0.6) is 0 Å². The minimum atomic E-state index is -0.397. The van der Waals surface area contributed by atoms with Crippen molar-refractivity contribution in [2.24, 2.45) is 0 Å². The Morgan fingerprint density at radius 3 is 2.88 bits per heavy atom. The highest BCUT2D eigenvalue weighted by molar-refractivity contribution is 5.80. The van der Waals surface area contributed by atoms with Crippen molar-refractivity contribution in [3.63, 3.8) is 0 Å². The van der Waals surface area contributed by atoms with Gasteiger partial charge in [-0.2, -0.15) is 0 Å². The smallest absolute Gasteiger partial charge is 0.249 e. The Bertz CT molecular complexity index is 308. The maximum Gasteiger partial charge on any atom is 0.249 e. The van der Waals surface area contributed by atoms with E-state index >= 15 is 0 Å². The van der Waals surface area contributed by atoms with Gasteiger partial charge in [-0.15, -0.1) is 0 Å². The molecule has 2 unspecified atom stereocenters. The largest absolute Gasteiger partial charge is 0.469 e. The monoisotopic (exact) mass is 225 g/mol. The van der Waals surface area contributed by atoms with Crippen molar-refractivity contribution in [1.82, 2.24) is 5.32 Å². The summed E-state index contributed by atoms with van der Waals surface area (Å²) in [5.74, 6) is 0.871. The van der Waals surface area contributed by atoms with Crippen molar-refractivity contribution in [3.05, 3.63) is 24.2 Å². The standard InChI is InChI=1S/C12H19NO3/c1-9(13-12(14)10(2)15-3)6-7-11-5-4-8-16-11/h4-5,8-10H,6-7H2,1-3H3,(H,13,14). The zero-order valence-corrected chi connectivity index (χ0v) is 10.0. The molecule has 1 N–H and O–H groups in total. The second-order valence-electron chi connectivity index (χ2n) is 3.91. The van der Waals surface area contributed by atoms with Crippen LogP contribution in [0.4, 0.5) is 0 Å². The van der Waals surface area contributed by atoms with Gasteiger partial charge in [0.15, 0.2) is 0 Å². The highest BCUT2D eigenvalue weighted by Gasteiger charge is 2.14. The molecule has 0 aliphatic heterocycles. The van der Waals surface area contributed by atoms with E-state index in [0.29, 0.717) is 0 Å². The summed E-state index contributed by atoms with van der Waals surface area (Å²) in [6, 6.07) is 3.92. The fourth-order valence-electron chi connectivity index (χ4n) is 1.35. The summed E-state index contributed by atoms with van der Waals surface area (Å²) in [4.78, 5) is 11.5. The lowest BCUT2D eigenvalue weighted by Gasteiger charge is -2.16. The van der Waals surface area contributed by atoms with E-state index in [9.17, 15) is 4.79 Å². The molecule has 1 rings (SSSR count). The lowest BCUT2D eigenvalue weighted by molar-refractivity contribution is -0.130. The molecule has 4 heteroatoms. The zero-order valence-electron chi connectivity index (χ0n) is 10.0. The molecule has 4 nitrogen and oxygen atoms in total. The van der Waals surface area contributed by atoms with Gasteiger partial charge in [0.25, 0.3) is 0 Å². The van der Waals surface area contributed by atoms with Gasteiger partial charge < -0.3 is 14.5 Å². The van der Waals surface area contributed by atoms with Crippen molar-refractivity contribution < 1.29 is 13.9 Å². The van der Waals surface area contributed by atoms with E-state index in [2.05, 4.69) is 5.32 Å². The van der Waals surface area contributed by atoms with Crippen LogP contribution in [0, 0.1) is 0 Å². The first kappa shape index (κ1) is 12.8. The maximum atomic E-state index is 11.5. The van der Waals surface area contributed by atoms with Crippen molar-refractivity contribution in [2.45, 2.75) is 38.8 Å². The molecule has 1 aromatic heterocycles. The van der Waals surface area contributed by atoms with E-state index in [1.165, 1.54) is 7.11 Å². The molecule has 90 valence electrons. The Morgan fingerprint density at radius 1 is 1.56 bits per heavy atom. The summed E-state index contributed by atoms with van der Waals surface area (Å²) in [6.45, 7) is 3.71. The number of carbonyl (C=O) groups excluding carboxylic acids is 1. The fraction of sp³-hybridized carbons (Fsp3) is 0.583. The number of ether oxygens (including phenoxy) is 1. The van der Waals surface area contributed by atoms with E-state index in [0.717, 1.165) is 18.6 Å². The molecule has 0 bridgehead atoms. The number of amides is 1. The van der Waals surface area contributed by atoms with Gasteiger partial charge in [-0.1, -0.05) is 0 Å². The Kier molecular flexibility index (Phi) is 5.05. The third kappa shape index (κ3) is 4.06. The van der Waals surface area contributed by atoms with Gasteiger partial charge in [-0.05, 0) is 32.4 Å². The molecule has 0 aliphatic carbocycles. The summed E-state index contributed by atoms with van der Waals surface area (Å²) in [5.41, 5.74) is 0. The first-order valence-corrected chi connectivity index (χ1v) is 5.49. The molecule has 0 saturated heterocycles. The molecule has 0 saturated carbocycles. The topological polar surface area (TPSA) is 51.5 Å². The lowest BCUT2D eigenvalue weighted by Crippen LogP contribution is -2.39. The highest BCUT2D eigenvalue weighted by atomic mass is 16.5. The van der Waals surface area contributed by atoms with Gasteiger partial charge in [0.05, 0.1) is 6.26 Å². The van der Waals surface area contributed by atoms with E-state index < -0.39 is 6.10 Å². The van der Waals surface area contributed by atoms with Gasteiger partial charge in [-0.25, -0.2) is 0 Å². The molecule has 0 fully saturated rings. The van der Waals surface area contributed by atoms with Crippen LogP contribution >= 0.6 is 0 Å². The summed E-state index contributed by atoms with van der Waals surface area (Å²) >= 11 is 0. The molecule has 2 atom stereocenters. The average molecular weight is 225 g/mol. The van der Waals surface area contributed by atoms with Gasteiger partial charge in [-0.3, -0.25) is 4.79 Å². The van der Waals surface area contributed by atoms with Crippen LogP contribution in [-0.2, 0) is 16.0 Å². The van der Waals surface area contributed by atoms with Crippen molar-refractivity contribution in [1.29, 1.82) is 0 Å². The van der Waals surface area contributed by atoms with Crippen LogP contribution in [0.2, 0.25) is 0 Å². The summed E-state index contributed by atoms with van der Waals surface area (Å²) in [5, 5.41) is 2.89. The minimum Gasteiger partial charge on any atom is -0.469 e. The van der Waals surface area contributed by atoms with Crippen LogP contribution in [-0.4, -0.2) is 25.2 Å². The second-order valence-corrected chi connectivity index (χ2v) is 3.91. The second kappa shape index (κ2) is 6.33. The normalized spacial score (nSPS) is 14.4. The molecule has 0 aliphatic rings. The third-order valence-corrected chi connectivity index (χ3v) is 2.52. The highest BCUT2D eigenvalue weighted by Crippen LogP contribution is 2.05. The number of rotatable bonds is 6. The Labute approximate surface area is 96.0 Å². The van der Waals surface area contributed by atoms with Crippen LogP contribution < -0.4 is 5.32 Å². The third-order valence-electron chi connectivity index (χ3n) is 2.52. The van der Waals surface area contributed by atoms with Crippen LogP contribution in [0.3, 0.4) is 0 Å². The van der Waals surface area contributed by atoms with Gasteiger partial charge in [0.1, 0.15) is 11.9 Å². The zero-order chi connectivity index (χ0) is 12.0. The number of hydrogen-bond donors (Lipinski definition) is 1. The van der Waals surface area contributed by atoms with Crippen LogP contribution in [0.15, 0.2) is 22.8 Å². The minimum absolute atomic E-state index is 0.0746. The first-order valence-electron chi connectivity index (χ1n) is 5.49. The van der Waals surface area contributed by atoms with Crippen molar-refractivity contribution in [2.75, 3.05) is 7.11 Å². The first-order chi connectivity index (χ1) is 7.63. The van der Waals surface area contributed by atoms with Gasteiger partial charge in [0.2, 0.25) is 5.91 Å². The molecule has 1 heterocycles. The van der Waals surface area contributed by atoms with Gasteiger partial charge in [0, 0.05) is 19.6 Å². The molecule has 0 aromatic carbocycles. The Balaban J connectivity index is 2.25. The molecule has 0 spiro atoms. The van der Waals surface area contributed by atoms with Crippen LogP contribution in [0.25, 0.3) is 0 Å². The molecule has 1 amide bonds. The lowest BCUT2D eigenvalue weighted by atomic mass is 10.1. The van der Waals surface area contributed by atoms with E-state index in [1.807, 2.05) is 19.1 Å². The van der Waals surface area contributed by atoms with E-state index in [4.69, 9.17) is 9.15 Å². The fourth-order valence-corrected chi connectivity index (χ4v) is 1.35. The predicted octanol–water partition coefficient (Wildman–Crippen LogP) is 1.75. The Morgan fingerprint density at radius 2 is 2.31 bits per heavy atom. The van der Waals surface area contributed by atoms with Gasteiger partial charge >= 0.3 is 0 Å². The predicted molar refractivity (Wildman–Crippen MR) is 61.1 cm³/mol. The molecular weight excluding hydrogens is 206 g/mol. The molecular formula is C12H19NO3. The Hall–Kier alpha value is -1.29. The quantitative estimate of drug-likeness (QED) is 0.802. The average Bonchev–Trinajstić information content (AvgIpc) is 2.78. The number of furan rings is 1. The van der Waals surface area contributed by atoms with E-state index in [-0.39, 0.29) is 11.9 Å². The number of carbonyl (C=O) groups is 1. The molecule has 1 aromatic rings. The number of nitrogens with one attached hydrogen (secondary N) is 1. The van der Waals surface area contributed by atoms with Crippen molar-refractivity contribution in [3.8, 4) is 0 Å². The molecule has 0 radical (unpaired) electrons. The SMILES string of the molecule is COC(C)C(=O)NC(C)CCc1ccco1.